The predicted octanol–water partition coefficient (Wildman–Crippen LogP) is 17.8. The van der Waals surface area contributed by atoms with E-state index in [-0.39, 0.29) is 0 Å². The summed E-state index contributed by atoms with van der Waals surface area (Å²) in [4.78, 5) is 2.37. The molecule has 1 heterocycles. The van der Waals surface area contributed by atoms with Crippen molar-refractivity contribution in [2.75, 3.05) is 4.90 Å². The van der Waals surface area contributed by atoms with Crippen molar-refractivity contribution in [1.29, 1.82) is 0 Å². The zero-order chi connectivity index (χ0) is 42.1. The van der Waals surface area contributed by atoms with E-state index in [9.17, 15) is 0 Å². The average molecular weight is 814 g/mol. The van der Waals surface area contributed by atoms with Gasteiger partial charge in [0.1, 0.15) is 11.2 Å². The quantitative estimate of drug-likeness (QED) is 0.156. The Hall–Kier alpha value is -8.46. The van der Waals surface area contributed by atoms with Crippen LogP contribution >= 0.6 is 0 Å². The Bertz CT molecular complexity index is 3790. The first-order valence-electron chi connectivity index (χ1n) is 22.0. The van der Waals surface area contributed by atoms with Gasteiger partial charge < -0.3 is 9.32 Å². The fourth-order valence-corrected chi connectivity index (χ4v) is 10.0. The van der Waals surface area contributed by atoms with Gasteiger partial charge in [-0.25, -0.2) is 0 Å². The normalized spacial score (nSPS) is 11.8. The van der Waals surface area contributed by atoms with E-state index in [4.69, 9.17) is 4.42 Å². The minimum Gasteiger partial charge on any atom is -0.455 e. The van der Waals surface area contributed by atoms with Gasteiger partial charge in [0.2, 0.25) is 0 Å². The number of anilines is 3. The molecule has 0 aliphatic rings. The predicted molar refractivity (Wildman–Crippen MR) is 272 cm³/mol. The molecule has 1 aromatic heterocycles. The summed E-state index contributed by atoms with van der Waals surface area (Å²) >= 11 is 0. The summed E-state index contributed by atoms with van der Waals surface area (Å²) in [5.74, 6) is 0. The topological polar surface area (TPSA) is 16.4 Å². The molecule has 13 rings (SSSR count). The largest absolute Gasteiger partial charge is 0.455 e. The molecule has 0 aliphatic carbocycles. The summed E-state index contributed by atoms with van der Waals surface area (Å²) in [6.45, 7) is 0. The van der Waals surface area contributed by atoms with Crippen LogP contribution in [0, 0.1) is 0 Å². The molecular formula is C62H39NO. The third-order valence-electron chi connectivity index (χ3n) is 13.2. The van der Waals surface area contributed by atoms with Crippen molar-refractivity contribution < 1.29 is 4.42 Å². The number of rotatable bonds is 6. The van der Waals surface area contributed by atoms with Gasteiger partial charge in [-0.2, -0.15) is 0 Å². The van der Waals surface area contributed by atoms with Crippen LogP contribution in [-0.2, 0) is 0 Å². The number of nitrogens with zero attached hydrogens (tertiary/aromatic N) is 1. The molecular weight excluding hydrogens is 775 g/mol. The zero-order valence-corrected chi connectivity index (χ0v) is 34.9. The second-order valence-corrected chi connectivity index (χ2v) is 16.9. The molecule has 0 atom stereocenters. The Morgan fingerprint density at radius 1 is 0.266 bits per heavy atom. The maximum absolute atomic E-state index is 6.61. The molecule has 0 bridgehead atoms. The Labute approximate surface area is 370 Å². The molecule has 298 valence electrons. The van der Waals surface area contributed by atoms with Gasteiger partial charge in [-0.15, -0.1) is 0 Å². The molecule has 2 heteroatoms. The Balaban J connectivity index is 0.917. The molecule has 0 radical (unpaired) electrons. The SMILES string of the molecule is c1cc(-c2cccc3oc4c5ccccc5ccc4c23)cc(N(c2ccc(-c3ccc4c(ccc5ccccc54)c3)cc2)c2ccc(-c3ccc4c(ccc5ccccc54)c3)cc2)c1. The van der Waals surface area contributed by atoms with E-state index in [0.29, 0.717) is 0 Å². The lowest BCUT2D eigenvalue weighted by Gasteiger charge is -2.26. The number of fused-ring (bicyclic) bond motifs is 11. The molecule has 0 amide bonds. The Kier molecular flexibility index (Phi) is 8.25. The lowest BCUT2D eigenvalue weighted by atomic mass is 9.96. The molecule has 0 saturated carbocycles. The van der Waals surface area contributed by atoms with Gasteiger partial charge in [0.05, 0.1) is 0 Å². The van der Waals surface area contributed by atoms with Crippen LogP contribution in [0.3, 0.4) is 0 Å². The Morgan fingerprint density at radius 2 is 0.734 bits per heavy atom. The molecule has 0 aliphatic heterocycles. The smallest absolute Gasteiger partial charge is 0.143 e. The van der Waals surface area contributed by atoms with Crippen molar-refractivity contribution in [2.24, 2.45) is 0 Å². The van der Waals surface area contributed by atoms with E-state index in [0.717, 1.165) is 55.5 Å². The summed E-state index contributed by atoms with van der Waals surface area (Å²) in [6, 6.07) is 86.1. The molecule has 0 fully saturated rings. The molecule has 0 unspecified atom stereocenters. The van der Waals surface area contributed by atoms with Crippen LogP contribution in [0.15, 0.2) is 241 Å². The van der Waals surface area contributed by atoms with Gasteiger partial charge in [-0.3, -0.25) is 0 Å². The highest BCUT2D eigenvalue weighted by Gasteiger charge is 2.18. The molecule has 12 aromatic carbocycles. The first-order chi connectivity index (χ1) is 31.7. The fourth-order valence-electron chi connectivity index (χ4n) is 10.0. The zero-order valence-electron chi connectivity index (χ0n) is 34.9. The number of hydrogen-bond donors (Lipinski definition) is 0. The van der Waals surface area contributed by atoms with Gasteiger partial charge in [0.25, 0.3) is 0 Å². The third kappa shape index (κ3) is 5.95. The van der Waals surface area contributed by atoms with Crippen LogP contribution in [0.2, 0.25) is 0 Å². The van der Waals surface area contributed by atoms with Gasteiger partial charge in [-0.1, -0.05) is 176 Å². The number of benzene rings is 12. The van der Waals surface area contributed by atoms with Crippen molar-refractivity contribution in [3.63, 3.8) is 0 Å². The molecule has 13 aromatic rings. The van der Waals surface area contributed by atoms with Gasteiger partial charge in [-0.05, 0) is 143 Å². The molecule has 2 nitrogen and oxygen atoms in total. The van der Waals surface area contributed by atoms with E-state index < -0.39 is 0 Å². The van der Waals surface area contributed by atoms with Crippen molar-refractivity contribution in [3.05, 3.63) is 237 Å². The van der Waals surface area contributed by atoms with Crippen molar-refractivity contribution in [2.45, 2.75) is 0 Å². The Morgan fingerprint density at radius 3 is 1.34 bits per heavy atom. The fraction of sp³-hybridized carbons (Fsp3) is 0. The van der Waals surface area contributed by atoms with Crippen LogP contribution in [0.4, 0.5) is 17.1 Å². The second kappa shape index (κ2) is 14.6. The first kappa shape index (κ1) is 36.2. The van der Waals surface area contributed by atoms with E-state index in [1.807, 2.05) is 0 Å². The second-order valence-electron chi connectivity index (χ2n) is 16.9. The highest BCUT2D eigenvalue weighted by molar-refractivity contribution is 6.19. The van der Waals surface area contributed by atoms with Crippen molar-refractivity contribution >= 4 is 92.9 Å². The molecule has 0 saturated heterocycles. The summed E-state index contributed by atoms with van der Waals surface area (Å²) in [6.07, 6.45) is 0. The number of hydrogen-bond acceptors (Lipinski definition) is 2. The van der Waals surface area contributed by atoms with Gasteiger partial charge in [0.15, 0.2) is 0 Å². The lowest BCUT2D eigenvalue weighted by Crippen LogP contribution is -2.10. The maximum Gasteiger partial charge on any atom is 0.143 e. The lowest BCUT2D eigenvalue weighted by molar-refractivity contribution is 0.673. The monoisotopic (exact) mass is 813 g/mol. The summed E-state index contributed by atoms with van der Waals surface area (Å²) < 4.78 is 6.61. The minimum absolute atomic E-state index is 0.890. The van der Waals surface area contributed by atoms with Crippen LogP contribution in [-0.4, -0.2) is 0 Å². The van der Waals surface area contributed by atoms with E-state index in [1.54, 1.807) is 0 Å². The van der Waals surface area contributed by atoms with E-state index in [2.05, 4.69) is 241 Å². The molecule has 64 heavy (non-hydrogen) atoms. The highest BCUT2D eigenvalue weighted by Crippen LogP contribution is 2.43. The maximum atomic E-state index is 6.61. The van der Waals surface area contributed by atoms with E-state index in [1.165, 1.54) is 70.7 Å². The van der Waals surface area contributed by atoms with Crippen molar-refractivity contribution in [1.82, 2.24) is 0 Å². The summed E-state index contributed by atoms with van der Waals surface area (Å²) in [5, 5.41) is 14.7. The van der Waals surface area contributed by atoms with Crippen LogP contribution in [0.25, 0.3) is 109 Å². The van der Waals surface area contributed by atoms with Crippen LogP contribution in [0.1, 0.15) is 0 Å². The highest BCUT2D eigenvalue weighted by atomic mass is 16.3. The minimum atomic E-state index is 0.890. The average Bonchev–Trinajstić information content (AvgIpc) is 3.76. The van der Waals surface area contributed by atoms with E-state index >= 15 is 0 Å². The third-order valence-corrected chi connectivity index (χ3v) is 13.2. The standard InChI is InChI=1S/C62H39NO/c1-4-14-53-42(9-1)19-21-48-37-45(28-34-55(48)53)40-23-30-50(31-24-40)63(51-32-25-41(26-33-51)46-29-35-56-49(38-46)22-20-43-10-2-5-15-54(43)56)52-13-7-12-47(39-52)57-17-8-18-60-61(57)59-36-27-44-11-3-6-16-58(44)62(59)64-60/h1-39H. The van der Waals surface area contributed by atoms with Crippen LogP contribution < -0.4 is 4.90 Å². The first-order valence-corrected chi connectivity index (χ1v) is 22.0. The molecule has 0 N–H and O–H groups in total. The summed E-state index contributed by atoms with van der Waals surface area (Å²) in [5.41, 5.74) is 12.1. The molecule has 0 spiro atoms. The number of furan rings is 1. The van der Waals surface area contributed by atoms with Crippen LogP contribution in [0.5, 0.6) is 0 Å². The summed E-state index contributed by atoms with van der Waals surface area (Å²) in [7, 11) is 0. The van der Waals surface area contributed by atoms with Gasteiger partial charge >= 0.3 is 0 Å². The van der Waals surface area contributed by atoms with Gasteiger partial charge in [0, 0.05) is 33.2 Å². The van der Waals surface area contributed by atoms with Crippen molar-refractivity contribution in [3.8, 4) is 33.4 Å².